The van der Waals surface area contributed by atoms with Crippen LogP contribution in [-0.2, 0) is 4.74 Å². The summed E-state index contributed by atoms with van der Waals surface area (Å²) in [5.41, 5.74) is -1.31. The molecule has 0 aliphatic carbocycles. The maximum Gasteiger partial charge on any atom is 0.258 e. The van der Waals surface area contributed by atoms with Gasteiger partial charge in [-0.3, -0.25) is 4.79 Å². The minimum atomic E-state index is -1.12. The molecule has 1 saturated heterocycles. The molecule has 2 atom stereocenters. The number of ether oxygens (including phenoxy) is 1. The first-order valence-electron chi connectivity index (χ1n) is 6.07. The third-order valence-electron chi connectivity index (χ3n) is 3.46. The van der Waals surface area contributed by atoms with Gasteiger partial charge in [0.1, 0.15) is 22.7 Å². The van der Waals surface area contributed by atoms with Crippen molar-refractivity contribution in [1.29, 1.82) is 0 Å². The number of amides is 1. The molecule has 1 fully saturated rings. The van der Waals surface area contributed by atoms with Crippen LogP contribution in [-0.4, -0.2) is 46.1 Å². The molecule has 0 saturated carbocycles. The molecule has 1 aliphatic heterocycles. The summed E-state index contributed by atoms with van der Waals surface area (Å²) in [4.78, 5) is 11.9. The molecule has 1 aromatic carbocycles. The Hall–Kier alpha value is -1.79. The van der Waals surface area contributed by atoms with E-state index in [1.165, 1.54) is 18.2 Å². The van der Waals surface area contributed by atoms with E-state index in [1.807, 2.05) is 0 Å². The van der Waals surface area contributed by atoms with Crippen molar-refractivity contribution in [3.8, 4) is 11.5 Å². The van der Waals surface area contributed by atoms with Gasteiger partial charge >= 0.3 is 0 Å². The van der Waals surface area contributed by atoms with Crippen molar-refractivity contribution < 1.29 is 24.9 Å². The van der Waals surface area contributed by atoms with E-state index in [0.717, 1.165) is 0 Å². The van der Waals surface area contributed by atoms with Crippen LogP contribution in [0.4, 0.5) is 0 Å². The van der Waals surface area contributed by atoms with Crippen molar-refractivity contribution in [3.63, 3.8) is 0 Å². The lowest BCUT2D eigenvalue weighted by Gasteiger charge is -2.26. The van der Waals surface area contributed by atoms with Crippen LogP contribution >= 0.6 is 0 Å². The van der Waals surface area contributed by atoms with E-state index in [9.17, 15) is 20.1 Å². The van der Waals surface area contributed by atoms with Gasteiger partial charge in [-0.15, -0.1) is 0 Å². The quantitative estimate of drug-likeness (QED) is 0.634. The monoisotopic (exact) mass is 267 g/mol. The average molecular weight is 267 g/mol. The van der Waals surface area contributed by atoms with Crippen molar-refractivity contribution in [2.75, 3.05) is 13.2 Å². The van der Waals surface area contributed by atoms with Crippen molar-refractivity contribution in [2.24, 2.45) is 0 Å². The van der Waals surface area contributed by atoms with E-state index < -0.39 is 11.5 Å². The Kier molecular flexibility index (Phi) is 3.64. The van der Waals surface area contributed by atoms with Crippen molar-refractivity contribution in [1.82, 2.24) is 5.32 Å². The lowest BCUT2D eigenvalue weighted by atomic mass is 9.96. The molecule has 2 unspecified atom stereocenters. The molecule has 0 aromatic heterocycles. The molecule has 0 spiro atoms. The first-order chi connectivity index (χ1) is 8.94. The number of phenolic OH excluding ortho intramolecular Hbond substituents is 2. The molecule has 19 heavy (non-hydrogen) atoms. The molecule has 1 heterocycles. The predicted octanol–water partition coefficient (Wildman–Crippen LogP) is 0.367. The summed E-state index contributed by atoms with van der Waals surface area (Å²) >= 11 is 0. The van der Waals surface area contributed by atoms with Crippen LogP contribution in [0.5, 0.6) is 11.5 Å². The van der Waals surface area contributed by atoms with E-state index in [4.69, 9.17) is 4.74 Å². The third kappa shape index (κ3) is 2.64. The summed E-state index contributed by atoms with van der Waals surface area (Å²) in [6.07, 6.45) is 0.0621. The molecule has 2 rings (SSSR count). The zero-order chi connectivity index (χ0) is 14.0. The van der Waals surface area contributed by atoms with Crippen LogP contribution in [0.2, 0.25) is 0 Å². The molecule has 104 valence electrons. The average Bonchev–Trinajstić information content (AvgIpc) is 2.67. The highest BCUT2D eigenvalue weighted by Gasteiger charge is 2.39. The second kappa shape index (κ2) is 5.07. The Bertz CT molecular complexity index is 470. The van der Waals surface area contributed by atoms with Crippen LogP contribution < -0.4 is 5.32 Å². The maximum atomic E-state index is 11.9. The van der Waals surface area contributed by atoms with E-state index in [1.54, 1.807) is 6.92 Å². The lowest BCUT2D eigenvalue weighted by Crippen LogP contribution is -2.47. The zero-order valence-corrected chi connectivity index (χ0v) is 10.6. The molecule has 6 nitrogen and oxygen atoms in total. The summed E-state index contributed by atoms with van der Waals surface area (Å²) in [7, 11) is 0. The SMILES string of the molecule is CC1OCCC1(O)CNC(=O)c1c(O)cccc1O. The lowest BCUT2D eigenvalue weighted by molar-refractivity contribution is -0.0252. The number of hydrogen-bond acceptors (Lipinski definition) is 5. The number of hydrogen-bond donors (Lipinski definition) is 4. The molecule has 1 amide bonds. The van der Waals surface area contributed by atoms with Gasteiger partial charge in [-0.2, -0.15) is 0 Å². The highest BCUT2D eigenvalue weighted by molar-refractivity contribution is 5.99. The van der Waals surface area contributed by atoms with Crippen molar-refractivity contribution in [2.45, 2.75) is 25.0 Å². The van der Waals surface area contributed by atoms with Crippen LogP contribution in [0.1, 0.15) is 23.7 Å². The van der Waals surface area contributed by atoms with Crippen LogP contribution in [0.3, 0.4) is 0 Å². The van der Waals surface area contributed by atoms with Gasteiger partial charge in [-0.25, -0.2) is 0 Å². The smallest absolute Gasteiger partial charge is 0.258 e. The topological polar surface area (TPSA) is 99.0 Å². The number of aliphatic hydroxyl groups is 1. The summed E-state index contributed by atoms with van der Waals surface area (Å²) in [5, 5.41) is 31.9. The Balaban J connectivity index is 2.06. The second-order valence-corrected chi connectivity index (χ2v) is 4.72. The second-order valence-electron chi connectivity index (χ2n) is 4.72. The molecule has 0 bridgehead atoms. The van der Waals surface area contributed by atoms with Crippen LogP contribution in [0, 0.1) is 0 Å². The fourth-order valence-corrected chi connectivity index (χ4v) is 2.09. The van der Waals surface area contributed by atoms with Gasteiger partial charge in [-0.05, 0) is 19.1 Å². The van der Waals surface area contributed by atoms with Crippen LogP contribution in [0.25, 0.3) is 0 Å². The van der Waals surface area contributed by atoms with Gasteiger partial charge in [0.15, 0.2) is 0 Å². The normalized spacial score (nSPS) is 26.3. The standard InChI is InChI=1S/C13H17NO5/c1-8-13(18,5-6-19-8)7-14-12(17)11-9(15)3-2-4-10(11)16/h2-4,8,15-16,18H,5-7H2,1H3,(H,14,17). The number of phenols is 2. The number of nitrogens with one attached hydrogen (secondary N) is 1. The number of rotatable bonds is 3. The van der Waals surface area contributed by atoms with Crippen molar-refractivity contribution in [3.05, 3.63) is 23.8 Å². The highest BCUT2D eigenvalue weighted by Crippen LogP contribution is 2.27. The van der Waals surface area contributed by atoms with Gasteiger partial charge in [0, 0.05) is 19.6 Å². The molecule has 6 heteroatoms. The molecule has 1 aromatic rings. The molecule has 4 N–H and O–H groups in total. The molecule has 1 aliphatic rings. The molecular formula is C13H17NO5. The third-order valence-corrected chi connectivity index (χ3v) is 3.46. The van der Waals surface area contributed by atoms with E-state index in [2.05, 4.69) is 5.32 Å². The molecular weight excluding hydrogens is 250 g/mol. The van der Waals surface area contributed by atoms with Gasteiger partial charge in [0.25, 0.3) is 5.91 Å². The summed E-state index contributed by atoms with van der Waals surface area (Å²) < 4.78 is 5.25. The van der Waals surface area contributed by atoms with E-state index in [0.29, 0.717) is 13.0 Å². The Morgan fingerprint density at radius 3 is 2.63 bits per heavy atom. The zero-order valence-electron chi connectivity index (χ0n) is 10.6. The van der Waals surface area contributed by atoms with Crippen LogP contribution in [0.15, 0.2) is 18.2 Å². The first-order valence-corrected chi connectivity index (χ1v) is 6.07. The van der Waals surface area contributed by atoms with Gasteiger partial charge in [0.05, 0.1) is 6.10 Å². The van der Waals surface area contributed by atoms with Gasteiger partial charge < -0.3 is 25.4 Å². The van der Waals surface area contributed by atoms with E-state index >= 15 is 0 Å². The number of carbonyl (C=O) groups is 1. The summed E-state index contributed by atoms with van der Waals surface area (Å²) in [6, 6.07) is 4.05. The van der Waals surface area contributed by atoms with Gasteiger partial charge in [-0.1, -0.05) is 6.07 Å². The fourth-order valence-electron chi connectivity index (χ4n) is 2.09. The largest absolute Gasteiger partial charge is 0.507 e. The van der Waals surface area contributed by atoms with Gasteiger partial charge in [0.2, 0.25) is 0 Å². The minimum Gasteiger partial charge on any atom is -0.507 e. The minimum absolute atomic E-state index is 0.000768. The predicted molar refractivity (Wildman–Crippen MR) is 67.1 cm³/mol. The first kappa shape index (κ1) is 13.6. The van der Waals surface area contributed by atoms with Crippen molar-refractivity contribution >= 4 is 5.91 Å². The highest BCUT2D eigenvalue weighted by atomic mass is 16.5. The number of benzene rings is 1. The Morgan fingerprint density at radius 2 is 2.11 bits per heavy atom. The fraction of sp³-hybridized carbons (Fsp3) is 0.462. The summed E-state index contributed by atoms with van der Waals surface area (Å²) in [5.74, 6) is -1.25. The number of aromatic hydroxyl groups is 2. The molecule has 0 radical (unpaired) electrons. The summed E-state index contributed by atoms with van der Waals surface area (Å²) in [6.45, 7) is 2.17. The Morgan fingerprint density at radius 1 is 1.47 bits per heavy atom. The number of carbonyl (C=O) groups excluding carboxylic acids is 1. The maximum absolute atomic E-state index is 11.9. The Labute approximate surface area is 110 Å². The van der Waals surface area contributed by atoms with E-state index in [-0.39, 0.29) is 29.7 Å².